The van der Waals surface area contributed by atoms with Crippen LogP contribution in [0.4, 0.5) is 14.9 Å². The minimum Gasteiger partial charge on any atom is -0.489 e. The smallest absolute Gasteiger partial charge is 0.294 e. The molecule has 4 aromatic rings. The van der Waals surface area contributed by atoms with Gasteiger partial charge in [-0.3, -0.25) is 19.3 Å². The lowest BCUT2D eigenvalue weighted by Crippen LogP contribution is -2.36. The molecule has 1 saturated heterocycles. The topological polar surface area (TPSA) is 80.6 Å². The van der Waals surface area contributed by atoms with Gasteiger partial charge in [-0.2, -0.15) is 0 Å². The molecule has 2 heterocycles. The van der Waals surface area contributed by atoms with Crippen LogP contribution in [0.15, 0.2) is 77.7 Å². The number of carbonyl (C=O) groups is 3. The van der Waals surface area contributed by atoms with Crippen molar-refractivity contribution in [1.82, 2.24) is 9.47 Å². The highest BCUT2D eigenvalue weighted by Gasteiger charge is 2.36. The third-order valence-electron chi connectivity index (χ3n) is 7.17. The highest BCUT2D eigenvalue weighted by atomic mass is 32.2. The number of benzene rings is 3. The van der Waals surface area contributed by atoms with Crippen molar-refractivity contribution in [3.63, 3.8) is 0 Å². The molecule has 3 aromatic carbocycles. The van der Waals surface area contributed by atoms with Crippen molar-refractivity contribution in [2.24, 2.45) is 0 Å². The number of carbonyl (C=O) groups excluding carboxylic acids is 3. The number of thioether (sulfide) groups is 1. The standard InChI is InChI=1S/C33H30FN3O4S/c1-20-9-10-26(15-21(20)2)35-31(38)18-36-32(39)30(42-33(36)40)17-25-16-22(3)37(23(25)4)27-11-13-28(14-12-27)41-19-24-7-5-6-8-29(24)34/h5-17H,18-19H2,1-4H3,(H,35,38)/b30-17+. The molecule has 1 aromatic heterocycles. The number of nitrogens with one attached hydrogen (secondary N) is 1. The maximum atomic E-state index is 13.9. The van der Waals surface area contributed by atoms with E-state index in [0.29, 0.717) is 17.0 Å². The Hall–Kier alpha value is -4.63. The van der Waals surface area contributed by atoms with Gasteiger partial charge in [0, 0.05) is 28.3 Å². The molecular formula is C33H30FN3O4S. The molecule has 1 aliphatic heterocycles. The van der Waals surface area contributed by atoms with Gasteiger partial charge in [-0.25, -0.2) is 4.39 Å². The molecule has 0 bridgehead atoms. The Morgan fingerprint density at radius 2 is 1.69 bits per heavy atom. The van der Waals surface area contributed by atoms with E-state index < -0.39 is 17.1 Å². The Morgan fingerprint density at radius 3 is 2.40 bits per heavy atom. The van der Waals surface area contributed by atoms with Gasteiger partial charge < -0.3 is 14.6 Å². The van der Waals surface area contributed by atoms with E-state index in [1.54, 1.807) is 30.3 Å². The third kappa shape index (κ3) is 6.16. The van der Waals surface area contributed by atoms with Gasteiger partial charge in [-0.1, -0.05) is 24.3 Å². The molecule has 7 nitrogen and oxygen atoms in total. The number of aromatic nitrogens is 1. The average molecular weight is 584 g/mol. The number of hydrogen-bond donors (Lipinski definition) is 1. The molecule has 0 radical (unpaired) electrons. The van der Waals surface area contributed by atoms with Crippen LogP contribution in [0.2, 0.25) is 0 Å². The van der Waals surface area contributed by atoms with E-state index in [2.05, 4.69) is 5.32 Å². The summed E-state index contributed by atoms with van der Waals surface area (Å²) in [5.74, 6) is -0.638. The van der Waals surface area contributed by atoms with Crippen LogP contribution in [0.5, 0.6) is 5.75 Å². The maximum Gasteiger partial charge on any atom is 0.294 e. The predicted octanol–water partition coefficient (Wildman–Crippen LogP) is 7.10. The highest BCUT2D eigenvalue weighted by Crippen LogP contribution is 2.34. The first-order valence-electron chi connectivity index (χ1n) is 13.4. The largest absolute Gasteiger partial charge is 0.489 e. The number of aryl methyl sites for hydroxylation is 3. The molecule has 1 N–H and O–H groups in total. The van der Waals surface area contributed by atoms with Crippen LogP contribution in [-0.4, -0.2) is 33.1 Å². The van der Waals surface area contributed by atoms with Crippen molar-refractivity contribution in [2.45, 2.75) is 34.3 Å². The number of amides is 3. The fourth-order valence-electron chi connectivity index (χ4n) is 4.74. The van der Waals surface area contributed by atoms with Crippen molar-refractivity contribution in [3.8, 4) is 11.4 Å². The molecule has 9 heteroatoms. The molecule has 214 valence electrons. The van der Waals surface area contributed by atoms with Crippen LogP contribution in [0.1, 0.15) is 33.6 Å². The number of ether oxygens (including phenoxy) is 1. The van der Waals surface area contributed by atoms with Crippen molar-refractivity contribution < 1.29 is 23.5 Å². The van der Waals surface area contributed by atoms with Gasteiger partial charge in [0.05, 0.1) is 4.91 Å². The Bertz CT molecular complexity index is 1730. The summed E-state index contributed by atoms with van der Waals surface area (Å²) in [5.41, 5.74) is 6.72. The molecule has 0 unspecified atom stereocenters. The van der Waals surface area contributed by atoms with Crippen LogP contribution in [0.25, 0.3) is 11.8 Å². The number of rotatable bonds is 8. The summed E-state index contributed by atoms with van der Waals surface area (Å²) >= 11 is 0.822. The number of imide groups is 1. The zero-order valence-corrected chi connectivity index (χ0v) is 24.5. The summed E-state index contributed by atoms with van der Waals surface area (Å²) in [7, 11) is 0. The normalized spacial score (nSPS) is 14.1. The monoisotopic (exact) mass is 583 g/mol. The average Bonchev–Trinajstić information content (AvgIpc) is 3.39. The zero-order valence-electron chi connectivity index (χ0n) is 23.7. The second-order valence-electron chi connectivity index (χ2n) is 10.2. The molecule has 0 spiro atoms. The van der Waals surface area contributed by atoms with Crippen LogP contribution >= 0.6 is 11.8 Å². The van der Waals surface area contributed by atoms with E-state index in [-0.39, 0.29) is 23.9 Å². The number of anilines is 1. The van der Waals surface area contributed by atoms with Crippen LogP contribution in [0, 0.1) is 33.5 Å². The first kappa shape index (κ1) is 28.9. The fourth-order valence-corrected chi connectivity index (χ4v) is 5.57. The maximum absolute atomic E-state index is 13.9. The summed E-state index contributed by atoms with van der Waals surface area (Å²) in [6, 6.07) is 21.4. The van der Waals surface area contributed by atoms with Crippen molar-refractivity contribution in [2.75, 3.05) is 11.9 Å². The summed E-state index contributed by atoms with van der Waals surface area (Å²) < 4.78 is 21.7. The lowest BCUT2D eigenvalue weighted by Gasteiger charge is -2.13. The molecule has 42 heavy (non-hydrogen) atoms. The van der Waals surface area contributed by atoms with Crippen LogP contribution < -0.4 is 10.1 Å². The van der Waals surface area contributed by atoms with Gasteiger partial charge >= 0.3 is 0 Å². The number of nitrogens with zero attached hydrogens (tertiary/aromatic N) is 2. The molecule has 1 aliphatic rings. The second kappa shape index (κ2) is 12.1. The highest BCUT2D eigenvalue weighted by molar-refractivity contribution is 8.18. The van der Waals surface area contributed by atoms with E-state index in [1.807, 2.05) is 74.7 Å². The predicted molar refractivity (Wildman–Crippen MR) is 163 cm³/mol. The molecule has 0 saturated carbocycles. The first-order valence-corrected chi connectivity index (χ1v) is 14.2. The molecule has 3 amide bonds. The van der Waals surface area contributed by atoms with E-state index >= 15 is 0 Å². The van der Waals surface area contributed by atoms with Crippen molar-refractivity contribution in [3.05, 3.63) is 117 Å². The number of hydrogen-bond acceptors (Lipinski definition) is 5. The lowest BCUT2D eigenvalue weighted by atomic mass is 10.1. The zero-order chi connectivity index (χ0) is 30.0. The van der Waals surface area contributed by atoms with E-state index in [9.17, 15) is 18.8 Å². The third-order valence-corrected chi connectivity index (χ3v) is 8.08. The van der Waals surface area contributed by atoms with Gasteiger partial charge in [-0.15, -0.1) is 0 Å². The van der Waals surface area contributed by atoms with Crippen molar-refractivity contribution >= 4 is 40.6 Å². The van der Waals surface area contributed by atoms with Gasteiger partial charge in [0.1, 0.15) is 24.7 Å². The quantitative estimate of drug-likeness (QED) is 0.224. The van der Waals surface area contributed by atoms with E-state index in [0.717, 1.165) is 50.4 Å². The summed E-state index contributed by atoms with van der Waals surface area (Å²) in [5, 5.41) is 2.28. The Labute approximate surface area is 248 Å². The Balaban J connectivity index is 1.27. The number of halogens is 1. The van der Waals surface area contributed by atoms with E-state index in [4.69, 9.17) is 4.74 Å². The van der Waals surface area contributed by atoms with Gasteiger partial charge in [-0.05, 0) is 111 Å². The van der Waals surface area contributed by atoms with Crippen LogP contribution in [-0.2, 0) is 16.2 Å². The Kier molecular flexibility index (Phi) is 8.31. The Morgan fingerprint density at radius 1 is 0.952 bits per heavy atom. The molecule has 5 rings (SSSR count). The summed E-state index contributed by atoms with van der Waals surface area (Å²) in [4.78, 5) is 39.6. The lowest BCUT2D eigenvalue weighted by molar-refractivity contribution is -0.127. The van der Waals surface area contributed by atoms with Gasteiger partial charge in [0.15, 0.2) is 0 Å². The SMILES string of the molecule is Cc1ccc(NC(=O)CN2C(=O)S/C(=C/c3cc(C)n(-c4ccc(OCc5ccccc5F)cc4)c3C)C2=O)cc1C. The van der Waals surface area contributed by atoms with Gasteiger partial charge in [0.25, 0.3) is 11.1 Å². The fraction of sp³-hybridized carbons (Fsp3) is 0.182. The summed E-state index contributed by atoms with van der Waals surface area (Å²) in [6.07, 6.45) is 1.69. The van der Waals surface area contributed by atoms with Crippen LogP contribution in [0.3, 0.4) is 0 Å². The van der Waals surface area contributed by atoms with Crippen molar-refractivity contribution in [1.29, 1.82) is 0 Å². The molecule has 1 fully saturated rings. The first-order chi connectivity index (χ1) is 20.1. The molecule has 0 atom stereocenters. The minimum atomic E-state index is -0.499. The molecular weight excluding hydrogens is 553 g/mol. The van der Waals surface area contributed by atoms with Gasteiger partial charge in [0.2, 0.25) is 5.91 Å². The van der Waals surface area contributed by atoms with E-state index in [1.165, 1.54) is 6.07 Å². The second-order valence-corrected chi connectivity index (χ2v) is 11.1. The molecule has 0 aliphatic carbocycles. The summed E-state index contributed by atoms with van der Waals surface area (Å²) in [6.45, 7) is 7.58. The minimum absolute atomic E-state index is 0.125.